The van der Waals surface area contributed by atoms with Crippen LogP contribution in [0.1, 0.15) is 16.8 Å². The van der Waals surface area contributed by atoms with Crippen LogP contribution in [0.4, 0.5) is 13.2 Å². The first-order valence-electron chi connectivity index (χ1n) is 6.98. The number of aryl methyl sites for hydroxylation is 1. The van der Waals surface area contributed by atoms with Gasteiger partial charge in [-0.25, -0.2) is 0 Å². The van der Waals surface area contributed by atoms with Crippen LogP contribution in [0.5, 0.6) is 0 Å². The van der Waals surface area contributed by atoms with Gasteiger partial charge in [0.15, 0.2) is 11.7 Å². The Bertz CT molecular complexity index is 667. The van der Waals surface area contributed by atoms with Crippen LogP contribution in [0, 0.1) is 0 Å². The van der Waals surface area contributed by atoms with Gasteiger partial charge in [0, 0.05) is 38.9 Å². The smallest absolute Gasteiger partial charge is 0.352 e. The number of guanidine groups is 1. The van der Waals surface area contributed by atoms with Crippen LogP contribution >= 0.6 is 24.0 Å². The van der Waals surface area contributed by atoms with Gasteiger partial charge in [0.05, 0.1) is 0 Å². The highest BCUT2D eigenvalue weighted by atomic mass is 127. The molecule has 0 aliphatic heterocycles. The molecule has 0 spiro atoms. The summed E-state index contributed by atoms with van der Waals surface area (Å²) in [5.41, 5.74) is 0.237. The van der Waals surface area contributed by atoms with Gasteiger partial charge in [-0.15, -0.1) is 24.0 Å². The first-order valence-corrected chi connectivity index (χ1v) is 6.98. The summed E-state index contributed by atoms with van der Waals surface area (Å²) in [7, 11) is 3.02. The largest absolute Gasteiger partial charge is 0.435 e. The standard InChI is InChI=1S/C15H18F3N5.HI/c1-19-14(20-8-11-6-4-3-5-7-11)21-9-12-10-23(2)22-13(12)15(16,17)18;/h3-7,10H,8-9H2,1-2H3,(H2,19,20,21);1H. The summed E-state index contributed by atoms with van der Waals surface area (Å²) in [6.07, 6.45) is -3.13. The first-order chi connectivity index (χ1) is 10.9. The van der Waals surface area contributed by atoms with Crippen LogP contribution in [-0.4, -0.2) is 22.8 Å². The van der Waals surface area contributed by atoms with Gasteiger partial charge in [0.1, 0.15) is 0 Å². The maximum absolute atomic E-state index is 12.9. The molecule has 0 unspecified atom stereocenters. The fourth-order valence-electron chi connectivity index (χ4n) is 2.09. The Hall–Kier alpha value is -1.78. The van der Waals surface area contributed by atoms with E-state index >= 15 is 0 Å². The number of hydrogen-bond acceptors (Lipinski definition) is 2. The molecule has 2 rings (SSSR count). The second kappa shape index (κ2) is 8.90. The second-order valence-corrected chi connectivity index (χ2v) is 4.94. The van der Waals surface area contributed by atoms with E-state index in [4.69, 9.17) is 0 Å². The van der Waals surface area contributed by atoms with Gasteiger partial charge in [-0.3, -0.25) is 9.67 Å². The van der Waals surface area contributed by atoms with E-state index < -0.39 is 11.9 Å². The molecule has 0 saturated carbocycles. The normalized spacial score (nSPS) is 11.8. The number of halogens is 4. The van der Waals surface area contributed by atoms with Crippen LogP contribution in [-0.2, 0) is 26.3 Å². The van der Waals surface area contributed by atoms with Crippen molar-refractivity contribution in [1.29, 1.82) is 0 Å². The van der Waals surface area contributed by atoms with E-state index in [1.54, 1.807) is 7.05 Å². The van der Waals surface area contributed by atoms with Crippen LogP contribution < -0.4 is 10.6 Å². The van der Waals surface area contributed by atoms with Crippen LogP contribution in [0.15, 0.2) is 41.5 Å². The van der Waals surface area contributed by atoms with Crippen LogP contribution in [0.3, 0.4) is 0 Å². The van der Waals surface area contributed by atoms with E-state index in [0.29, 0.717) is 12.5 Å². The molecular formula is C15H19F3IN5. The molecule has 0 bridgehead atoms. The summed E-state index contributed by atoms with van der Waals surface area (Å²) in [5, 5.41) is 9.39. The number of benzene rings is 1. The van der Waals surface area contributed by atoms with Crippen molar-refractivity contribution in [1.82, 2.24) is 20.4 Å². The molecule has 2 aromatic rings. The Balaban J connectivity index is 0.00000288. The number of rotatable bonds is 4. The third kappa shape index (κ3) is 5.69. The van der Waals surface area contributed by atoms with Crippen LogP contribution in [0.2, 0.25) is 0 Å². The van der Waals surface area contributed by atoms with Gasteiger partial charge in [-0.1, -0.05) is 30.3 Å². The third-order valence-electron chi connectivity index (χ3n) is 3.15. The van der Waals surface area contributed by atoms with Crippen LogP contribution in [0.25, 0.3) is 0 Å². The fraction of sp³-hybridized carbons (Fsp3) is 0.333. The maximum atomic E-state index is 12.9. The van der Waals surface area contributed by atoms with Crippen molar-refractivity contribution in [3.63, 3.8) is 0 Å². The molecule has 24 heavy (non-hydrogen) atoms. The Morgan fingerprint density at radius 3 is 2.38 bits per heavy atom. The number of nitrogens with one attached hydrogen (secondary N) is 2. The first kappa shape index (κ1) is 20.3. The van der Waals surface area contributed by atoms with Crippen molar-refractivity contribution >= 4 is 29.9 Å². The van der Waals surface area contributed by atoms with Crippen molar-refractivity contribution < 1.29 is 13.2 Å². The molecule has 0 aliphatic rings. The Morgan fingerprint density at radius 2 is 1.79 bits per heavy atom. The lowest BCUT2D eigenvalue weighted by atomic mass is 10.2. The highest BCUT2D eigenvalue weighted by molar-refractivity contribution is 14.0. The number of aromatic nitrogens is 2. The van der Waals surface area contributed by atoms with Gasteiger partial charge in [-0.2, -0.15) is 18.3 Å². The molecule has 1 aromatic carbocycles. The predicted octanol–water partition coefficient (Wildman–Crippen LogP) is 2.92. The van der Waals surface area contributed by atoms with Gasteiger partial charge >= 0.3 is 6.18 Å². The molecular weight excluding hydrogens is 434 g/mol. The van der Waals surface area contributed by atoms with Gasteiger partial charge in [0.2, 0.25) is 0 Å². The monoisotopic (exact) mass is 453 g/mol. The second-order valence-electron chi connectivity index (χ2n) is 4.94. The summed E-state index contributed by atoms with van der Waals surface area (Å²) < 4.78 is 39.8. The van der Waals surface area contributed by atoms with E-state index in [1.807, 2.05) is 30.3 Å². The zero-order valence-corrected chi connectivity index (χ0v) is 15.6. The van der Waals surface area contributed by atoms with Gasteiger partial charge in [0.25, 0.3) is 0 Å². The minimum absolute atomic E-state index is 0. The Labute approximate surface area is 155 Å². The lowest BCUT2D eigenvalue weighted by molar-refractivity contribution is -0.142. The average molecular weight is 453 g/mol. The number of nitrogens with zero attached hydrogens (tertiary/aromatic N) is 3. The zero-order valence-electron chi connectivity index (χ0n) is 13.3. The van der Waals surface area contributed by atoms with Crippen molar-refractivity contribution in [2.45, 2.75) is 19.3 Å². The quantitative estimate of drug-likeness (QED) is 0.426. The summed E-state index contributed by atoms with van der Waals surface area (Å²) in [6.45, 7) is 0.511. The molecule has 9 heteroatoms. The van der Waals surface area contributed by atoms with Gasteiger partial charge in [-0.05, 0) is 5.56 Å². The van der Waals surface area contributed by atoms with E-state index in [1.165, 1.54) is 13.2 Å². The average Bonchev–Trinajstić information content (AvgIpc) is 2.90. The lowest BCUT2D eigenvalue weighted by Gasteiger charge is -2.12. The molecule has 1 aromatic heterocycles. The van der Waals surface area contributed by atoms with Crippen molar-refractivity contribution in [3.8, 4) is 0 Å². The number of aliphatic imine (C=N–C) groups is 1. The highest BCUT2D eigenvalue weighted by Crippen LogP contribution is 2.30. The molecule has 0 amide bonds. The minimum atomic E-state index is -4.47. The summed E-state index contributed by atoms with van der Waals surface area (Å²) in [4.78, 5) is 4.00. The fourth-order valence-corrected chi connectivity index (χ4v) is 2.09. The van der Waals surface area contributed by atoms with Crippen molar-refractivity contribution in [2.24, 2.45) is 12.0 Å². The molecule has 132 valence electrons. The molecule has 2 N–H and O–H groups in total. The molecule has 0 atom stereocenters. The number of alkyl halides is 3. The molecule has 0 fully saturated rings. The lowest BCUT2D eigenvalue weighted by Crippen LogP contribution is -2.36. The van der Waals surface area contributed by atoms with E-state index in [-0.39, 0.29) is 36.1 Å². The molecule has 0 radical (unpaired) electrons. The Kier molecular flexibility index (Phi) is 7.52. The predicted molar refractivity (Wildman–Crippen MR) is 97.1 cm³/mol. The Morgan fingerprint density at radius 1 is 1.17 bits per heavy atom. The number of hydrogen-bond donors (Lipinski definition) is 2. The summed E-state index contributed by atoms with van der Waals surface area (Å²) in [6, 6.07) is 9.64. The maximum Gasteiger partial charge on any atom is 0.435 e. The van der Waals surface area contributed by atoms with E-state index in [0.717, 1.165) is 10.2 Å². The SMILES string of the molecule is CN=C(NCc1ccccc1)NCc1cn(C)nc1C(F)(F)F.I. The highest BCUT2D eigenvalue weighted by Gasteiger charge is 2.36. The zero-order chi connectivity index (χ0) is 16.9. The molecule has 0 saturated heterocycles. The van der Waals surface area contributed by atoms with E-state index in [2.05, 4.69) is 20.7 Å². The molecule has 1 heterocycles. The van der Waals surface area contributed by atoms with E-state index in [9.17, 15) is 13.2 Å². The van der Waals surface area contributed by atoms with Gasteiger partial charge < -0.3 is 10.6 Å². The summed E-state index contributed by atoms with van der Waals surface area (Å²) >= 11 is 0. The summed E-state index contributed by atoms with van der Waals surface area (Å²) in [5.74, 6) is 0.422. The third-order valence-corrected chi connectivity index (χ3v) is 3.15. The molecule has 0 aliphatic carbocycles. The van der Waals surface area contributed by atoms with Crippen molar-refractivity contribution in [2.75, 3.05) is 7.05 Å². The topological polar surface area (TPSA) is 54.2 Å². The minimum Gasteiger partial charge on any atom is -0.352 e. The molecule has 5 nitrogen and oxygen atoms in total. The van der Waals surface area contributed by atoms with Crippen molar-refractivity contribution in [3.05, 3.63) is 53.3 Å².